The average Bonchev–Trinajstić information content (AvgIpc) is 2.87. The molecular formula is C15H21N3S. The summed E-state index contributed by atoms with van der Waals surface area (Å²) in [6.45, 7) is 7.51. The molecule has 2 aromatic rings. The Bertz CT molecular complexity index is 507. The van der Waals surface area contributed by atoms with Crippen molar-refractivity contribution in [3.8, 4) is 0 Å². The van der Waals surface area contributed by atoms with Gasteiger partial charge < -0.3 is 0 Å². The van der Waals surface area contributed by atoms with Gasteiger partial charge in [0.05, 0.1) is 5.01 Å². The fourth-order valence-corrected chi connectivity index (χ4v) is 2.91. The lowest BCUT2D eigenvalue weighted by Gasteiger charge is -2.23. The molecule has 0 fully saturated rings. The number of aromatic nitrogens is 2. The molecular weight excluding hydrogens is 254 g/mol. The van der Waals surface area contributed by atoms with Gasteiger partial charge in [0.1, 0.15) is 0 Å². The summed E-state index contributed by atoms with van der Waals surface area (Å²) >= 11 is 1.81. The van der Waals surface area contributed by atoms with E-state index in [1.54, 1.807) is 0 Å². The minimum atomic E-state index is 0.360. The van der Waals surface area contributed by atoms with Crippen molar-refractivity contribution in [3.63, 3.8) is 0 Å². The quantitative estimate of drug-likeness (QED) is 0.830. The van der Waals surface area contributed by atoms with Crippen LogP contribution in [0.3, 0.4) is 0 Å². The van der Waals surface area contributed by atoms with Gasteiger partial charge in [-0.1, -0.05) is 19.9 Å². The van der Waals surface area contributed by atoms with Gasteiger partial charge in [0, 0.05) is 42.0 Å². The second-order valence-corrected chi connectivity index (χ2v) is 6.34. The molecule has 0 amide bonds. The normalized spacial score (nSPS) is 13.2. The zero-order valence-electron chi connectivity index (χ0n) is 12.0. The maximum absolute atomic E-state index is 4.48. The van der Waals surface area contributed by atoms with Crippen molar-refractivity contribution >= 4 is 11.3 Å². The van der Waals surface area contributed by atoms with Crippen molar-refractivity contribution in [2.75, 3.05) is 7.05 Å². The first-order valence-corrected chi connectivity index (χ1v) is 7.44. The molecule has 0 radical (unpaired) electrons. The van der Waals surface area contributed by atoms with Gasteiger partial charge >= 0.3 is 0 Å². The summed E-state index contributed by atoms with van der Waals surface area (Å²) in [5.41, 5.74) is 1.25. The largest absolute Gasteiger partial charge is 0.294 e. The first-order chi connectivity index (χ1) is 9.08. The van der Waals surface area contributed by atoms with Gasteiger partial charge in [-0.2, -0.15) is 0 Å². The van der Waals surface area contributed by atoms with Crippen LogP contribution in [0.1, 0.15) is 48.2 Å². The predicted octanol–water partition coefficient (Wildman–Crippen LogP) is 3.85. The lowest BCUT2D eigenvalue weighted by Crippen LogP contribution is -2.21. The number of nitrogens with zero attached hydrogens (tertiary/aromatic N) is 3. The van der Waals surface area contributed by atoms with Crippen molar-refractivity contribution in [2.24, 2.45) is 0 Å². The average molecular weight is 275 g/mol. The molecule has 0 spiro atoms. The van der Waals surface area contributed by atoms with Crippen LogP contribution in [0.15, 0.2) is 30.7 Å². The number of hydrogen-bond donors (Lipinski definition) is 0. The van der Waals surface area contributed by atoms with Crippen LogP contribution in [0, 0.1) is 0 Å². The van der Waals surface area contributed by atoms with Crippen LogP contribution < -0.4 is 0 Å². The molecule has 0 bridgehead atoms. The molecule has 2 rings (SSSR count). The summed E-state index contributed by atoms with van der Waals surface area (Å²) in [6.07, 6.45) is 5.76. The molecule has 0 saturated carbocycles. The molecule has 2 aromatic heterocycles. The van der Waals surface area contributed by atoms with Crippen LogP contribution in [0.25, 0.3) is 0 Å². The first-order valence-electron chi connectivity index (χ1n) is 6.62. The Labute approximate surface area is 119 Å². The molecule has 0 aliphatic rings. The van der Waals surface area contributed by atoms with Gasteiger partial charge in [-0.3, -0.25) is 9.88 Å². The van der Waals surface area contributed by atoms with E-state index in [0.29, 0.717) is 12.0 Å². The number of thiazole rings is 1. The van der Waals surface area contributed by atoms with E-state index in [4.69, 9.17) is 0 Å². The Morgan fingerprint density at radius 2 is 2.05 bits per heavy atom. The molecule has 3 nitrogen and oxygen atoms in total. The van der Waals surface area contributed by atoms with Crippen LogP contribution in [-0.4, -0.2) is 21.9 Å². The molecule has 0 N–H and O–H groups in total. The van der Waals surface area contributed by atoms with Crippen LogP contribution in [-0.2, 0) is 6.54 Å². The van der Waals surface area contributed by atoms with Crippen LogP contribution in [0.2, 0.25) is 0 Å². The van der Waals surface area contributed by atoms with Crippen molar-refractivity contribution in [3.05, 3.63) is 46.2 Å². The Kier molecular flexibility index (Phi) is 4.66. The Morgan fingerprint density at radius 3 is 2.63 bits per heavy atom. The second-order valence-electron chi connectivity index (χ2n) is 5.20. The Morgan fingerprint density at radius 1 is 1.26 bits per heavy atom. The van der Waals surface area contributed by atoms with E-state index in [-0.39, 0.29) is 0 Å². The summed E-state index contributed by atoms with van der Waals surface area (Å²) in [6, 6.07) is 4.47. The minimum Gasteiger partial charge on any atom is -0.294 e. The zero-order chi connectivity index (χ0) is 13.8. The van der Waals surface area contributed by atoms with Gasteiger partial charge in [0.25, 0.3) is 0 Å². The maximum Gasteiger partial charge on any atom is 0.0953 e. The van der Waals surface area contributed by atoms with E-state index in [1.165, 1.54) is 15.4 Å². The van der Waals surface area contributed by atoms with E-state index >= 15 is 0 Å². The highest BCUT2D eigenvalue weighted by Crippen LogP contribution is 2.25. The van der Waals surface area contributed by atoms with Gasteiger partial charge in [0.2, 0.25) is 0 Å². The molecule has 0 unspecified atom stereocenters. The number of rotatable bonds is 5. The fraction of sp³-hybridized carbons (Fsp3) is 0.467. The smallest absolute Gasteiger partial charge is 0.0953 e. The van der Waals surface area contributed by atoms with E-state index in [0.717, 1.165) is 6.54 Å². The minimum absolute atomic E-state index is 0.360. The lowest BCUT2D eigenvalue weighted by molar-refractivity contribution is 0.255. The Hall–Kier alpha value is -1.26. The molecule has 0 saturated heterocycles. The van der Waals surface area contributed by atoms with Crippen LogP contribution >= 0.6 is 11.3 Å². The summed E-state index contributed by atoms with van der Waals surface area (Å²) < 4.78 is 0. The third-order valence-corrected chi connectivity index (χ3v) is 4.58. The second kappa shape index (κ2) is 6.26. The predicted molar refractivity (Wildman–Crippen MR) is 80.3 cm³/mol. The Balaban J connectivity index is 2.02. The zero-order valence-corrected chi connectivity index (χ0v) is 12.8. The van der Waals surface area contributed by atoms with Gasteiger partial charge in [-0.15, -0.1) is 11.3 Å². The van der Waals surface area contributed by atoms with Crippen LogP contribution in [0.4, 0.5) is 0 Å². The molecule has 19 heavy (non-hydrogen) atoms. The van der Waals surface area contributed by atoms with Crippen molar-refractivity contribution in [1.82, 2.24) is 14.9 Å². The first kappa shape index (κ1) is 14.2. The molecule has 102 valence electrons. The van der Waals surface area contributed by atoms with Crippen molar-refractivity contribution < 1.29 is 0 Å². The van der Waals surface area contributed by atoms with Crippen molar-refractivity contribution in [2.45, 2.75) is 39.3 Å². The SMILES string of the molecule is CC(C)c1ncc(CN(C)[C@@H](C)c2cccnc2)s1. The molecule has 4 heteroatoms. The highest BCUT2D eigenvalue weighted by molar-refractivity contribution is 7.11. The molecule has 1 atom stereocenters. The van der Waals surface area contributed by atoms with Gasteiger partial charge in [0.15, 0.2) is 0 Å². The molecule has 0 aliphatic carbocycles. The van der Waals surface area contributed by atoms with E-state index in [2.05, 4.69) is 48.8 Å². The monoisotopic (exact) mass is 275 g/mol. The molecule has 0 aromatic carbocycles. The fourth-order valence-electron chi connectivity index (χ4n) is 1.92. The van der Waals surface area contributed by atoms with Gasteiger partial charge in [-0.05, 0) is 25.6 Å². The summed E-state index contributed by atoms with van der Waals surface area (Å²) in [5, 5.41) is 1.22. The third-order valence-electron chi connectivity index (χ3n) is 3.30. The van der Waals surface area contributed by atoms with E-state index in [1.807, 2.05) is 36.0 Å². The van der Waals surface area contributed by atoms with Crippen LogP contribution in [0.5, 0.6) is 0 Å². The van der Waals surface area contributed by atoms with E-state index < -0.39 is 0 Å². The molecule has 0 aliphatic heterocycles. The summed E-state index contributed by atoms with van der Waals surface area (Å²) in [7, 11) is 2.15. The number of hydrogen-bond acceptors (Lipinski definition) is 4. The summed E-state index contributed by atoms with van der Waals surface area (Å²) in [4.78, 5) is 12.3. The lowest BCUT2D eigenvalue weighted by atomic mass is 10.1. The third kappa shape index (κ3) is 3.61. The maximum atomic E-state index is 4.48. The van der Waals surface area contributed by atoms with Gasteiger partial charge in [-0.25, -0.2) is 4.98 Å². The van der Waals surface area contributed by atoms with E-state index in [9.17, 15) is 0 Å². The van der Waals surface area contributed by atoms with Crippen molar-refractivity contribution in [1.29, 1.82) is 0 Å². The summed E-state index contributed by atoms with van der Waals surface area (Å²) in [5.74, 6) is 0.514. The standard InChI is InChI=1S/C15H21N3S/c1-11(2)15-17-9-14(19-15)10-18(4)12(3)13-6-5-7-16-8-13/h5-9,11-12H,10H2,1-4H3/t12-/m0/s1. The highest BCUT2D eigenvalue weighted by Gasteiger charge is 2.14. The highest BCUT2D eigenvalue weighted by atomic mass is 32.1. The topological polar surface area (TPSA) is 29.0 Å². The number of pyridine rings is 1. The molecule has 2 heterocycles.